The minimum atomic E-state index is 0.193. The molecule has 18 heavy (non-hydrogen) atoms. The zero-order chi connectivity index (χ0) is 12.7. The van der Waals surface area contributed by atoms with Crippen molar-refractivity contribution in [2.45, 2.75) is 39.2 Å². The molecule has 2 atom stereocenters. The van der Waals surface area contributed by atoms with Gasteiger partial charge in [0.15, 0.2) is 0 Å². The van der Waals surface area contributed by atoms with Gasteiger partial charge in [0.1, 0.15) is 5.78 Å². The van der Waals surface area contributed by atoms with Crippen molar-refractivity contribution in [3.63, 3.8) is 0 Å². The fourth-order valence-electron chi connectivity index (χ4n) is 3.22. The number of hydrogen-bond donors (Lipinski definition) is 1. The van der Waals surface area contributed by atoms with Crippen LogP contribution in [0.15, 0.2) is 18.2 Å². The molecule has 3 rings (SSSR count). The van der Waals surface area contributed by atoms with Crippen LogP contribution in [0.4, 0.5) is 5.69 Å². The lowest BCUT2D eigenvalue weighted by Gasteiger charge is -2.32. The Morgan fingerprint density at radius 1 is 1.33 bits per heavy atom. The zero-order valence-electron chi connectivity index (χ0n) is 11.1. The van der Waals surface area contributed by atoms with Gasteiger partial charge in [-0.2, -0.15) is 0 Å². The Hall–Kier alpha value is -1.35. The molecule has 3 heteroatoms. The SMILES string of the molecule is Cc1cccc(N2NC[C@@H]3C(=O)CCC[C@@H]32)c1C. The fourth-order valence-corrected chi connectivity index (χ4v) is 3.22. The van der Waals surface area contributed by atoms with Crippen molar-refractivity contribution in [1.29, 1.82) is 0 Å². The summed E-state index contributed by atoms with van der Waals surface area (Å²) in [5, 5.41) is 2.24. The van der Waals surface area contributed by atoms with Gasteiger partial charge in [-0.05, 0) is 43.9 Å². The number of aryl methyl sites for hydroxylation is 1. The van der Waals surface area contributed by atoms with E-state index in [1.807, 2.05) is 0 Å². The summed E-state index contributed by atoms with van der Waals surface area (Å²) >= 11 is 0. The summed E-state index contributed by atoms with van der Waals surface area (Å²) in [6, 6.07) is 6.73. The number of nitrogens with one attached hydrogen (secondary N) is 1. The van der Waals surface area contributed by atoms with E-state index >= 15 is 0 Å². The van der Waals surface area contributed by atoms with Gasteiger partial charge < -0.3 is 5.01 Å². The molecule has 96 valence electrons. The molecule has 1 aromatic carbocycles. The van der Waals surface area contributed by atoms with Crippen molar-refractivity contribution in [3.05, 3.63) is 29.3 Å². The minimum absolute atomic E-state index is 0.193. The molecular weight excluding hydrogens is 224 g/mol. The van der Waals surface area contributed by atoms with Crippen LogP contribution < -0.4 is 10.4 Å². The highest BCUT2D eigenvalue weighted by atomic mass is 16.1. The fraction of sp³-hybridized carbons (Fsp3) is 0.533. The van der Waals surface area contributed by atoms with Crippen LogP contribution in [0.5, 0.6) is 0 Å². The number of hydrazine groups is 1. The van der Waals surface area contributed by atoms with Gasteiger partial charge in [-0.3, -0.25) is 4.79 Å². The largest absolute Gasteiger partial charge is 0.304 e. The van der Waals surface area contributed by atoms with Crippen LogP contribution >= 0.6 is 0 Å². The molecular formula is C15H20N2O. The Labute approximate surface area is 108 Å². The van der Waals surface area contributed by atoms with E-state index in [0.29, 0.717) is 11.8 Å². The molecule has 1 saturated heterocycles. The predicted octanol–water partition coefficient (Wildman–Crippen LogP) is 2.37. The van der Waals surface area contributed by atoms with Crippen molar-refractivity contribution in [2.75, 3.05) is 11.6 Å². The predicted molar refractivity (Wildman–Crippen MR) is 72.5 cm³/mol. The lowest BCUT2D eigenvalue weighted by atomic mass is 9.84. The zero-order valence-corrected chi connectivity index (χ0v) is 11.1. The molecule has 1 aliphatic carbocycles. The highest BCUT2D eigenvalue weighted by Crippen LogP contribution is 2.34. The van der Waals surface area contributed by atoms with Gasteiger partial charge in [-0.25, -0.2) is 5.43 Å². The quantitative estimate of drug-likeness (QED) is 0.823. The number of nitrogens with zero attached hydrogens (tertiary/aromatic N) is 1. The first kappa shape index (κ1) is 11.7. The lowest BCUT2D eigenvalue weighted by Crippen LogP contribution is -2.41. The molecule has 0 spiro atoms. The van der Waals surface area contributed by atoms with Crippen molar-refractivity contribution < 1.29 is 4.79 Å². The Bertz CT molecular complexity index is 483. The smallest absolute Gasteiger partial charge is 0.139 e. The highest BCUT2D eigenvalue weighted by molar-refractivity contribution is 5.84. The first-order chi connectivity index (χ1) is 8.68. The van der Waals surface area contributed by atoms with E-state index in [4.69, 9.17) is 0 Å². The summed E-state index contributed by atoms with van der Waals surface area (Å²) < 4.78 is 0. The van der Waals surface area contributed by atoms with E-state index in [2.05, 4.69) is 42.5 Å². The van der Waals surface area contributed by atoms with Gasteiger partial charge >= 0.3 is 0 Å². The molecule has 3 nitrogen and oxygen atoms in total. The number of ketones is 1. The van der Waals surface area contributed by atoms with Crippen LogP contribution in [-0.4, -0.2) is 18.4 Å². The van der Waals surface area contributed by atoms with Crippen LogP contribution in [0.1, 0.15) is 30.4 Å². The maximum absolute atomic E-state index is 11.9. The molecule has 0 amide bonds. The van der Waals surface area contributed by atoms with Gasteiger partial charge in [0.25, 0.3) is 0 Å². The molecule has 1 heterocycles. The Morgan fingerprint density at radius 3 is 3.00 bits per heavy atom. The molecule has 1 saturated carbocycles. The second-order valence-electron chi connectivity index (χ2n) is 5.48. The molecule has 2 aliphatic rings. The molecule has 0 aromatic heterocycles. The number of benzene rings is 1. The van der Waals surface area contributed by atoms with Crippen molar-refractivity contribution >= 4 is 11.5 Å². The maximum atomic E-state index is 11.9. The third kappa shape index (κ3) is 1.74. The lowest BCUT2D eigenvalue weighted by molar-refractivity contribution is -0.124. The number of carbonyl (C=O) groups is 1. The number of rotatable bonds is 1. The van der Waals surface area contributed by atoms with E-state index in [1.165, 1.54) is 16.8 Å². The number of Topliss-reactive ketones (excluding diaryl/α,β-unsaturated/α-hetero) is 1. The van der Waals surface area contributed by atoms with E-state index in [9.17, 15) is 4.79 Å². The molecule has 1 aromatic rings. The molecule has 2 fully saturated rings. The van der Waals surface area contributed by atoms with Gasteiger partial charge in [-0.15, -0.1) is 0 Å². The number of hydrogen-bond acceptors (Lipinski definition) is 3. The topological polar surface area (TPSA) is 32.3 Å². The summed E-state index contributed by atoms with van der Waals surface area (Å²) in [5.74, 6) is 0.630. The van der Waals surface area contributed by atoms with Gasteiger partial charge in [0.2, 0.25) is 0 Å². The van der Waals surface area contributed by atoms with Crippen molar-refractivity contribution in [1.82, 2.24) is 5.43 Å². The van der Waals surface area contributed by atoms with Crippen LogP contribution in [0.25, 0.3) is 0 Å². The third-order valence-electron chi connectivity index (χ3n) is 4.45. The average molecular weight is 244 g/mol. The first-order valence-corrected chi connectivity index (χ1v) is 6.80. The van der Waals surface area contributed by atoms with Crippen LogP contribution in [-0.2, 0) is 4.79 Å². The maximum Gasteiger partial charge on any atom is 0.139 e. The van der Waals surface area contributed by atoms with E-state index in [1.54, 1.807) is 0 Å². The second kappa shape index (κ2) is 4.39. The molecule has 1 aliphatic heterocycles. The van der Waals surface area contributed by atoms with Gasteiger partial charge in [-0.1, -0.05) is 12.1 Å². The van der Waals surface area contributed by atoms with Gasteiger partial charge in [0.05, 0.1) is 17.6 Å². The molecule has 0 unspecified atom stereocenters. The monoisotopic (exact) mass is 244 g/mol. The summed E-state index contributed by atoms with van der Waals surface area (Å²) in [7, 11) is 0. The van der Waals surface area contributed by atoms with Crippen LogP contribution in [0, 0.1) is 19.8 Å². The van der Waals surface area contributed by atoms with E-state index in [-0.39, 0.29) is 5.92 Å². The standard InChI is InChI=1S/C15H20N2O/c1-10-5-3-6-13(11(10)2)17-14-7-4-8-15(18)12(14)9-16-17/h3,5-6,12,14,16H,4,7-9H2,1-2H3/t12-,14-/m0/s1. The Morgan fingerprint density at radius 2 is 2.17 bits per heavy atom. The van der Waals surface area contributed by atoms with E-state index < -0.39 is 0 Å². The summed E-state index contributed by atoms with van der Waals surface area (Å²) in [6.07, 6.45) is 2.92. The average Bonchev–Trinajstić information content (AvgIpc) is 2.78. The van der Waals surface area contributed by atoms with Crippen LogP contribution in [0.2, 0.25) is 0 Å². The number of carbonyl (C=O) groups excluding carboxylic acids is 1. The number of fused-ring (bicyclic) bond motifs is 1. The van der Waals surface area contributed by atoms with Crippen molar-refractivity contribution in [2.24, 2.45) is 5.92 Å². The molecule has 0 radical (unpaired) electrons. The summed E-state index contributed by atoms with van der Waals surface area (Å²) in [4.78, 5) is 11.9. The third-order valence-corrected chi connectivity index (χ3v) is 4.45. The first-order valence-electron chi connectivity index (χ1n) is 6.80. The summed E-state index contributed by atoms with van der Waals surface area (Å²) in [6.45, 7) is 5.10. The molecule has 0 bridgehead atoms. The number of anilines is 1. The Balaban J connectivity index is 1.93. The minimum Gasteiger partial charge on any atom is -0.304 e. The van der Waals surface area contributed by atoms with Crippen LogP contribution in [0.3, 0.4) is 0 Å². The Kier molecular flexibility index (Phi) is 2.86. The van der Waals surface area contributed by atoms with E-state index in [0.717, 1.165) is 25.8 Å². The summed E-state index contributed by atoms with van der Waals surface area (Å²) in [5.41, 5.74) is 7.27. The molecule has 1 N–H and O–H groups in total. The second-order valence-corrected chi connectivity index (χ2v) is 5.48. The normalized spacial score (nSPS) is 27.4. The highest BCUT2D eigenvalue weighted by Gasteiger charge is 2.41. The van der Waals surface area contributed by atoms with Gasteiger partial charge in [0, 0.05) is 13.0 Å². The van der Waals surface area contributed by atoms with Crippen molar-refractivity contribution in [3.8, 4) is 0 Å².